The van der Waals surface area contributed by atoms with Gasteiger partial charge in [0.2, 0.25) is 5.91 Å². The van der Waals surface area contributed by atoms with Crippen LogP contribution < -0.4 is 10.6 Å². The van der Waals surface area contributed by atoms with Gasteiger partial charge in [0.05, 0.1) is 17.5 Å². The highest BCUT2D eigenvalue weighted by Crippen LogP contribution is 2.34. The number of thioether (sulfide) groups is 1. The van der Waals surface area contributed by atoms with E-state index in [1.165, 1.54) is 17.3 Å². The number of amides is 1. The van der Waals surface area contributed by atoms with E-state index in [0.717, 1.165) is 25.7 Å². The minimum absolute atomic E-state index is 0.235. The predicted molar refractivity (Wildman–Crippen MR) is 140 cm³/mol. The van der Waals surface area contributed by atoms with Crippen LogP contribution in [0.3, 0.4) is 0 Å². The third-order valence-electron chi connectivity index (χ3n) is 7.83. The number of carbonyl (C=O) groups is 1. The largest absolute Gasteiger partial charge is 0.388 e. The molecule has 8 nitrogen and oxygen atoms in total. The first-order chi connectivity index (χ1) is 17.3. The standard InChI is InChI=1S/C26H39ClN2O6S/c1-14(27)18(24-21(31)20(30)22(32)26(35-24)36-2)29-25(33)19-23-17(13-28-19)12-16(10-11-34-23)9-8-15-6-4-3-5-7-15/h3-7,14,16-24,26,28,30-32H,8-13H2,1-2H3,(H,29,33)/t14-,16-,17?,18+,19-,20?,21?,22+,23+,24+,26?/m0/s1. The highest BCUT2D eigenvalue weighted by molar-refractivity contribution is 7.99. The molecule has 11 atom stereocenters. The predicted octanol–water partition coefficient (Wildman–Crippen LogP) is 1.29. The van der Waals surface area contributed by atoms with E-state index in [9.17, 15) is 20.1 Å². The first-order valence-electron chi connectivity index (χ1n) is 12.9. The molecule has 1 amide bonds. The average molecular weight is 543 g/mol. The molecule has 0 aromatic heterocycles. The number of halogens is 1. The normalized spacial score (nSPS) is 38.6. The number of aliphatic hydroxyl groups excluding tert-OH is 3. The van der Waals surface area contributed by atoms with Gasteiger partial charge in [0.25, 0.3) is 0 Å². The van der Waals surface area contributed by atoms with Gasteiger partial charge in [0, 0.05) is 13.2 Å². The van der Waals surface area contributed by atoms with Gasteiger partial charge < -0.3 is 35.4 Å². The summed E-state index contributed by atoms with van der Waals surface area (Å²) in [6, 6.07) is 9.20. The first kappa shape index (κ1) is 28.1. The quantitative estimate of drug-likeness (QED) is 0.312. The Bertz CT molecular complexity index is 849. The zero-order valence-corrected chi connectivity index (χ0v) is 22.4. The van der Waals surface area contributed by atoms with Crippen molar-refractivity contribution in [3.63, 3.8) is 0 Å². The molecular formula is C26H39ClN2O6S. The van der Waals surface area contributed by atoms with Crippen molar-refractivity contribution in [2.45, 2.75) is 86.0 Å². The molecule has 4 rings (SSSR count). The Kier molecular flexibility index (Phi) is 9.96. The number of aryl methyl sites for hydroxylation is 1. The van der Waals surface area contributed by atoms with Crippen LogP contribution in [-0.4, -0.2) is 94.1 Å². The van der Waals surface area contributed by atoms with Crippen molar-refractivity contribution in [1.82, 2.24) is 10.6 Å². The number of alkyl halides is 1. The summed E-state index contributed by atoms with van der Waals surface area (Å²) in [4.78, 5) is 13.4. The molecule has 36 heavy (non-hydrogen) atoms. The number of nitrogens with one attached hydrogen (secondary N) is 2. The maximum Gasteiger partial charge on any atom is 0.240 e. The number of aliphatic hydroxyl groups is 3. The molecule has 10 heteroatoms. The van der Waals surface area contributed by atoms with Gasteiger partial charge in [-0.2, -0.15) is 0 Å². The second-order valence-electron chi connectivity index (χ2n) is 10.3. The Morgan fingerprint density at radius 2 is 1.97 bits per heavy atom. The SMILES string of the molecule is CSC1O[C@H]([C@H](NC(=O)[C@H]2NCC3C[C@@H](CCc4ccccc4)CCO[C@H]32)[C@H](C)Cl)C(O)C(O)[C@H]1O. The summed E-state index contributed by atoms with van der Waals surface area (Å²) in [6.45, 7) is 3.03. The van der Waals surface area contributed by atoms with Crippen LogP contribution in [0.4, 0.5) is 0 Å². The smallest absolute Gasteiger partial charge is 0.240 e. The van der Waals surface area contributed by atoms with Crippen molar-refractivity contribution >= 4 is 29.3 Å². The average Bonchev–Trinajstić information content (AvgIpc) is 3.16. The molecular weight excluding hydrogens is 504 g/mol. The van der Waals surface area contributed by atoms with Crippen molar-refractivity contribution in [1.29, 1.82) is 0 Å². The zero-order chi connectivity index (χ0) is 25.8. The number of hydrogen-bond acceptors (Lipinski definition) is 8. The number of ether oxygens (including phenoxy) is 2. The summed E-state index contributed by atoms with van der Waals surface area (Å²) < 4.78 is 12.1. The van der Waals surface area contributed by atoms with E-state index in [4.69, 9.17) is 21.1 Å². The van der Waals surface area contributed by atoms with Crippen LogP contribution in [0.5, 0.6) is 0 Å². The van der Waals surface area contributed by atoms with E-state index in [-0.39, 0.29) is 17.9 Å². The highest BCUT2D eigenvalue weighted by atomic mass is 35.5. The van der Waals surface area contributed by atoms with Crippen LogP contribution in [0.1, 0.15) is 31.7 Å². The molecule has 0 saturated carbocycles. The van der Waals surface area contributed by atoms with Crippen LogP contribution in [0, 0.1) is 11.8 Å². The van der Waals surface area contributed by atoms with Gasteiger partial charge in [-0.1, -0.05) is 30.3 Å². The molecule has 0 spiro atoms. The third-order valence-corrected chi connectivity index (χ3v) is 8.95. The number of carbonyl (C=O) groups excluding carboxylic acids is 1. The number of rotatable bonds is 8. The molecule has 3 heterocycles. The Balaban J connectivity index is 1.37. The van der Waals surface area contributed by atoms with Crippen molar-refractivity contribution < 1.29 is 29.6 Å². The Hall–Kier alpha value is -0.910. The van der Waals surface area contributed by atoms with Crippen molar-refractivity contribution in [3.05, 3.63) is 35.9 Å². The molecule has 0 aliphatic carbocycles. The van der Waals surface area contributed by atoms with Crippen LogP contribution in [0.15, 0.2) is 30.3 Å². The van der Waals surface area contributed by atoms with Gasteiger partial charge >= 0.3 is 0 Å². The molecule has 0 radical (unpaired) electrons. The molecule has 3 aliphatic rings. The fourth-order valence-electron chi connectivity index (χ4n) is 5.75. The van der Waals surface area contributed by atoms with Gasteiger partial charge in [-0.25, -0.2) is 0 Å². The minimum atomic E-state index is -1.40. The fraction of sp³-hybridized carbons (Fsp3) is 0.731. The van der Waals surface area contributed by atoms with E-state index in [1.807, 2.05) is 6.07 Å². The molecule has 3 aliphatic heterocycles. The van der Waals surface area contributed by atoms with Crippen molar-refractivity contribution in [2.24, 2.45) is 11.8 Å². The lowest BCUT2D eigenvalue weighted by atomic mass is 9.86. The van der Waals surface area contributed by atoms with Crippen molar-refractivity contribution in [2.75, 3.05) is 19.4 Å². The molecule has 202 valence electrons. The van der Waals surface area contributed by atoms with Gasteiger partial charge in [0.15, 0.2) is 0 Å². The lowest BCUT2D eigenvalue weighted by molar-refractivity contribution is -0.205. The van der Waals surface area contributed by atoms with E-state index >= 15 is 0 Å². The van der Waals surface area contributed by atoms with Gasteiger partial charge in [-0.3, -0.25) is 4.79 Å². The summed E-state index contributed by atoms with van der Waals surface area (Å²) in [5, 5.41) is 36.8. The fourth-order valence-corrected chi connectivity index (χ4v) is 6.63. The van der Waals surface area contributed by atoms with Gasteiger partial charge in [-0.15, -0.1) is 23.4 Å². The monoisotopic (exact) mass is 542 g/mol. The molecule has 4 unspecified atom stereocenters. The van der Waals surface area contributed by atoms with Crippen LogP contribution in [0.25, 0.3) is 0 Å². The maximum absolute atomic E-state index is 13.4. The summed E-state index contributed by atoms with van der Waals surface area (Å²) in [6.07, 6.45) is 0.640. The Morgan fingerprint density at radius 1 is 1.22 bits per heavy atom. The van der Waals surface area contributed by atoms with Crippen LogP contribution in [0.2, 0.25) is 0 Å². The maximum atomic E-state index is 13.4. The summed E-state index contributed by atoms with van der Waals surface area (Å²) in [7, 11) is 0. The minimum Gasteiger partial charge on any atom is -0.388 e. The van der Waals surface area contributed by atoms with E-state index in [2.05, 4.69) is 34.9 Å². The number of fused-ring (bicyclic) bond motifs is 1. The molecule has 3 saturated heterocycles. The topological polar surface area (TPSA) is 120 Å². The van der Waals surface area contributed by atoms with Gasteiger partial charge in [0.1, 0.15) is 35.9 Å². The van der Waals surface area contributed by atoms with Crippen molar-refractivity contribution in [3.8, 4) is 0 Å². The highest BCUT2D eigenvalue weighted by Gasteiger charge is 2.49. The lowest BCUT2D eigenvalue weighted by Crippen LogP contribution is -2.65. The van der Waals surface area contributed by atoms with E-state index in [0.29, 0.717) is 19.1 Å². The first-order valence-corrected chi connectivity index (χ1v) is 14.6. The molecule has 1 aromatic carbocycles. The third kappa shape index (κ3) is 6.38. The number of benzene rings is 1. The molecule has 1 aromatic rings. The summed E-state index contributed by atoms with van der Waals surface area (Å²) >= 11 is 7.65. The van der Waals surface area contributed by atoms with Gasteiger partial charge in [-0.05, 0) is 56.3 Å². The van der Waals surface area contributed by atoms with Crippen LogP contribution >= 0.6 is 23.4 Å². The Labute approximate surface area is 222 Å². The van der Waals surface area contributed by atoms with E-state index < -0.39 is 47.3 Å². The summed E-state index contributed by atoms with van der Waals surface area (Å²) in [5.41, 5.74) is 0.603. The Morgan fingerprint density at radius 3 is 2.67 bits per heavy atom. The molecule has 3 fully saturated rings. The number of hydrogen-bond donors (Lipinski definition) is 5. The van der Waals surface area contributed by atoms with Crippen LogP contribution in [-0.2, 0) is 20.7 Å². The zero-order valence-electron chi connectivity index (χ0n) is 20.8. The molecule has 5 N–H and O–H groups in total. The van der Waals surface area contributed by atoms with E-state index in [1.54, 1.807) is 13.2 Å². The summed E-state index contributed by atoms with van der Waals surface area (Å²) in [5.74, 6) is 0.520. The second kappa shape index (κ2) is 12.8. The lowest BCUT2D eigenvalue weighted by Gasteiger charge is -2.44. The second-order valence-corrected chi connectivity index (χ2v) is 11.9. The molecule has 0 bridgehead atoms.